The number of phosphoric acid groups is 2. The summed E-state index contributed by atoms with van der Waals surface area (Å²) in [6.07, 6.45) is 64.3. The summed E-state index contributed by atoms with van der Waals surface area (Å²) in [6.45, 7) is 9.61. The highest BCUT2D eigenvalue weighted by molar-refractivity contribution is 7.47. The Hall–Kier alpha value is -1.94. The fourth-order valence-corrected chi connectivity index (χ4v) is 14.3. The van der Waals surface area contributed by atoms with Crippen molar-refractivity contribution in [2.24, 2.45) is 11.8 Å². The number of aliphatic hydroxyl groups excluding tert-OH is 1. The third kappa shape index (κ3) is 74.7. The summed E-state index contributed by atoms with van der Waals surface area (Å²) in [5.41, 5.74) is 0. The second-order valence-corrected chi connectivity index (χ2v) is 33.1. The summed E-state index contributed by atoms with van der Waals surface area (Å²) in [4.78, 5) is 72.8. The first-order chi connectivity index (χ1) is 48.9. The maximum Gasteiger partial charge on any atom is 0.472 e. The van der Waals surface area contributed by atoms with Gasteiger partial charge in [-0.3, -0.25) is 37.3 Å². The molecular formula is C82H160O17P2. The predicted molar refractivity (Wildman–Crippen MR) is 414 cm³/mol. The Balaban J connectivity index is 5.14. The fraction of sp³-hybridized carbons (Fsp3) is 0.951. The predicted octanol–water partition coefficient (Wildman–Crippen LogP) is 24.7. The molecule has 0 aromatic heterocycles. The highest BCUT2D eigenvalue weighted by Crippen LogP contribution is 2.45. The average Bonchev–Trinajstić information content (AvgIpc) is 0.928. The summed E-state index contributed by atoms with van der Waals surface area (Å²) >= 11 is 0. The van der Waals surface area contributed by atoms with Gasteiger partial charge in [0.2, 0.25) is 0 Å². The third-order valence-corrected chi connectivity index (χ3v) is 21.5. The van der Waals surface area contributed by atoms with Crippen molar-refractivity contribution < 1.29 is 80.2 Å². The minimum atomic E-state index is -4.96. The van der Waals surface area contributed by atoms with Crippen molar-refractivity contribution in [3.63, 3.8) is 0 Å². The molecule has 0 radical (unpaired) electrons. The first-order valence-electron chi connectivity index (χ1n) is 42.5. The quantitative estimate of drug-likeness (QED) is 0.0222. The van der Waals surface area contributed by atoms with Gasteiger partial charge in [-0.05, 0) is 37.5 Å². The molecule has 17 nitrogen and oxygen atoms in total. The van der Waals surface area contributed by atoms with Gasteiger partial charge in [0.25, 0.3) is 0 Å². The number of carbonyl (C=O) groups is 4. The molecule has 101 heavy (non-hydrogen) atoms. The molecule has 0 bridgehead atoms. The molecule has 600 valence electrons. The van der Waals surface area contributed by atoms with Gasteiger partial charge in [-0.1, -0.05) is 382 Å². The monoisotopic (exact) mass is 1480 g/mol. The standard InChI is InChI=1S/C82H160O17P2/c1-7-10-12-14-16-17-18-19-20-21-22-23-24-28-31-34-37-40-47-53-59-65-80(85)93-71-78(98-81(86)66-60-54-48-41-38-35-32-29-26-25-27-30-33-36-39-46-51-57-63-75(6)9-3)73-97-101(90,91)95-69-76(83)68-94-100(88,89)96-72-77(70-92-79(84)64-58-52-44-15-13-11-8-2)99-82(87)67-61-55-49-43-42-45-50-56-62-74(4)5/h74-78,83H,7-73H2,1-6H3,(H,88,89)(H,90,91)/t75?,76-,77+,78+/m0/s1. The molecule has 0 aliphatic heterocycles. The van der Waals surface area contributed by atoms with Crippen molar-refractivity contribution >= 4 is 39.5 Å². The number of unbranched alkanes of at least 4 members (excludes halogenated alkanes) is 50. The molecule has 6 atom stereocenters. The van der Waals surface area contributed by atoms with E-state index in [2.05, 4.69) is 41.5 Å². The van der Waals surface area contributed by atoms with Gasteiger partial charge in [-0.2, -0.15) is 0 Å². The molecule has 0 heterocycles. The van der Waals surface area contributed by atoms with Crippen LogP contribution in [0.5, 0.6) is 0 Å². The normalized spacial score (nSPS) is 14.2. The molecule has 19 heteroatoms. The summed E-state index contributed by atoms with van der Waals surface area (Å²) in [6, 6.07) is 0. The smallest absolute Gasteiger partial charge is 0.462 e. The van der Waals surface area contributed by atoms with Crippen LogP contribution >= 0.6 is 15.6 Å². The maximum atomic E-state index is 13.1. The molecule has 0 aliphatic carbocycles. The van der Waals surface area contributed by atoms with Gasteiger partial charge >= 0.3 is 39.5 Å². The number of esters is 4. The zero-order valence-electron chi connectivity index (χ0n) is 66.2. The van der Waals surface area contributed by atoms with Crippen LogP contribution in [0.15, 0.2) is 0 Å². The second kappa shape index (κ2) is 73.6. The molecule has 0 aromatic carbocycles. The van der Waals surface area contributed by atoms with E-state index in [9.17, 15) is 43.2 Å². The van der Waals surface area contributed by atoms with Crippen LogP contribution in [0.2, 0.25) is 0 Å². The van der Waals surface area contributed by atoms with Crippen molar-refractivity contribution in [3.8, 4) is 0 Å². The first-order valence-corrected chi connectivity index (χ1v) is 45.5. The molecule has 0 amide bonds. The van der Waals surface area contributed by atoms with Gasteiger partial charge in [0.15, 0.2) is 12.2 Å². The van der Waals surface area contributed by atoms with Gasteiger partial charge in [-0.15, -0.1) is 0 Å². The second-order valence-electron chi connectivity index (χ2n) is 30.2. The van der Waals surface area contributed by atoms with Crippen molar-refractivity contribution in [1.29, 1.82) is 0 Å². The van der Waals surface area contributed by atoms with E-state index in [-0.39, 0.29) is 25.7 Å². The lowest BCUT2D eigenvalue weighted by molar-refractivity contribution is -0.161. The van der Waals surface area contributed by atoms with Gasteiger partial charge in [0, 0.05) is 25.7 Å². The number of hydrogen-bond donors (Lipinski definition) is 3. The average molecular weight is 1480 g/mol. The molecule has 0 rings (SSSR count). The van der Waals surface area contributed by atoms with E-state index in [1.54, 1.807) is 0 Å². The Kier molecular flexibility index (Phi) is 72.2. The van der Waals surface area contributed by atoms with E-state index in [0.717, 1.165) is 115 Å². The Bertz CT molecular complexity index is 1940. The summed E-state index contributed by atoms with van der Waals surface area (Å²) < 4.78 is 68.5. The number of hydrogen-bond acceptors (Lipinski definition) is 15. The summed E-state index contributed by atoms with van der Waals surface area (Å²) in [5, 5.41) is 10.6. The summed E-state index contributed by atoms with van der Waals surface area (Å²) in [5.74, 6) is -0.527. The Morgan fingerprint density at radius 2 is 0.505 bits per heavy atom. The molecule has 0 aliphatic rings. The summed E-state index contributed by atoms with van der Waals surface area (Å²) in [7, 11) is -9.91. The van der Waals surface area contributed by atoms with Crippen LogP contribution in [0.4, 0.5) is 0 Å². The zero-order chi connectivity index (χ0) is 74.2. The third-order valence-electron chi connectivity index (χ3n) is 19.6. The maximum absolute atomic E-state index is 13.1. The Labute approximate surface area is 619 Å². The van der Waals surface area contributed by atoms with Gasteiger partial charge in [-0.25, -0.2) is 9.13 Å². The lowest BCUT2D eigenvalue weighted by atomic mass is 9.99. The highest BCUT2D eigenvalue weighted by atomic mass is 31.2. The van der Waals surface area contributed by atoms with E-state index in [1.165, 1.54) is 238 Å². The van der Waals surface area contributed by atoms with E-state index in [4.69, 9.17) is 37.0 Å². The number of rotatable bonds is 81. The lowest BCUT2D eigenvalue weighted by Crippen LogP contribution is -2.30. The molecular weight excluding hydrogens is 1320 g/mol. The fourth-order valence-electron chi connectivity index (χ4n) is 12.7. The number of aliphatic hydroxyl groups is 1. The largest absolute Gasteiger partial charge is 0.472 e. The lowest BCUT2D eigenvalue weighted by Gasteiger charge is -2.21. The van der Waals surface area contributed by atoms with Crippen LogP contribution < -0.4 is 0 Å². The van der Waals surface area contributed by atoms with Gasteiger partial charge in [0.05, 0.1) is 26.4 Å². The first kappa shape index (κ1) is 99.1. The van der Waals surface area contributed by atoms with Crippen LogP contribution in [-0.2, 0) is 65.4 Å². The minimum absolute atomic E-state index is 0.104. The topological polar surface area (TPSA) is 237 Å². The molecule has 0 aromatic rings. The van der Waals surface area contributed by atoms with Crippen LogP contribution in [0.25, 0.3) is 0 Å². The highest BCUT2D eigenvalue weighted by Gasteiger charge is 2.30. The van der Waals surface area contributed by atoms with Gasteiger partial charge in [0.1, 0.15) is 19.3 Å². The molecule has 0 saturated heterocycles. The van der Waals surface area contributed by atoms with Crippen molar-refractivity contribution in [2.75, 3.05) is 39.6 Å². The minimum Gasteiger partial charge on any atom is -0.462 e. The van der Waals surface area contributed by atoms with Crippen molar-refractivity contribution in [1.82, 2.24) is 0 Å². The number of phosphoric ester groups is 2. The molecule has 3 N–H and O–H groups in total. The van der Waals surface area contributed by atoms with E-state index in [1.807, 2.05) is 0 Å². The Morgan fingerprint density at radius 1 is 0.287 bits per heavy atom. The number of ether oxygens (including phenoxy) is 4. The van der Waals surface area contributed by atoms with E-state index in [0.29, 0.717) is 25.7 Å². The SMILES string of the molecule is CCCCCCCCCCCCCCCCCCCCCCCC(=O)OC[C@H](COP(=O)(O)OC[C@@H](O)COP(=O)(O)OC[C@@H](COC(=O)CCCCCCCCC)OC(=O)CCCCCCCCCCC(C)C)OC(=O)CCCCCCCCCCCCCCCCCCCCC(C)CC. The van der Waals surface area contributed by atoms with Crippen LogP contribution in [0.1, 0.15) is 433 Å². The van der Waals surface area contributed by atoms with Crippen molar-refractivity contribution in [2.45, 2.75) is 452 Å². The number of carbonyl (C=O) groups excluding carboxylic acids is 4. The molecule has 0 saturated carbocycles. The molecule has 0 spiro atoms. The molecule has 3 unspecified atom stereocenters. The zero-order valence-corrected chi connectivity index (χ0v) is 68.0. The van der Waals surface area contributed by atoms with Gasteiger partial charge < -0.3 is 33.8 Å². The van der Waals surface area contributed by atoms with Crippen LogP contribution in [0.3, 0.4) is 0 Å². The van der Waals surface area contributed by atoms with E-state index >= 15 is 0 Å². The van der Waals surface area contributed by atoms with Crippen molar-refractivity contribution in [3.05, 3.63) is 0 Å². The van der Waals surface area contributed by atoms with E-state index < -0.39 is 97.5 Å². The molecule has 0 fully saturated rings. The van der Waals surface area contributed by atoms with Crippen LogP contribution in [-0.4, -0.2) is 96.7 Å². The Morgan fingerprint density at radius 3 is 0.752 bits per heavy atom. The van der Waals surface area contributed by atoms with Crippen LogP contribution in [0, 0.1) is 11.8 Å².